The highest BCUT2D eigenvalue weighted by Gasteiger charge is 2.24. The van der Waals surface area contributed by atoms with E-state index in [2.05, 4.69) is 50.6 Å². The Bertz CT molecular complexity index is 955. The molecule has 0 saturated carbocycles. The maximum Gasteiger partial charge on any atom is 0.242 e. The van der Waals surface area contributed by atoms with Crippen molar-refractivity contribution in [3.63, 3.8) is 0 Å². The van der Waals surface area contributed by atoms with E-state index in [0.29, 0.717) is 26.1 Å². The predicted molar refractivity (Wildman–Crippen MR) is 156 cm³/mol. The summed E-state index contributed by atoms with van der Waals surface area (Å²) in [7, 11) is 1.68. The molecule has 212 valence electrons. The molecule has 0 N–H and O–H groups in total. The van der Waals surface area contributed by atoms with Crippen molar-refractivity contribution in [3.05, 3.63) is 53.9 Å². The van der Waals surface area contributed by atoms with E-state index < -0.39 is 0 Å². The van der Waals surface area contributed by atoms with E-state index >= 15 is 0 Å². The molecule has 1 aromatic heterocycles. The molecule has 0 bridgehead atoms. The van der Waals surface area contributed by atoms with E-state index in [9.17, 15) is 9.59 Å². The third kappa shape index (κ3) is 10.5. The summed E-state index contributed by atoms with van der Waals surface area (Å²) in [6.45, 7) is 10.6. The Morgan fingerprint density at radius 2 is 1.66 bits per heavy atom. The van der Waals surface area contributed by atoms with Gasteiger partial charge in [-0.1, -0.05) is 71.4 Å². The summed E-state index contributed by atoms with van der Waals surface area (Å²) >= 11 is 0. The van der Waals surface area contributed by atoms with E-state index in [1.165, 1.54) is 19.3 Å². The Balaban J connectivity index is 2.11. The van der Waals surface area contributed by atoms with E-state index in [-0.39, 0.29) is 24.4 Å². The van der Waals surface area contributed by atoms with Crippen molar-refractivity contribution < 1.29 is 14.3 Å². The van der Waals surface area contributed by atoms with Crippen LogP contribution < -0.4 is 4.74 Å². The van der Waals surface area contributed by atoms with Crippen LogP contribution in [0.1, 0.15) is 103 Å². The fourth-order valence-electron chi connectivity index (χ4n) is 4.74. The first kappa shape index (κ1) is 31.5. The third-order valence-electron chi connectivity index (χ3n) is 7.39. The second kappa shape index (κ2) is 17.7. The Kier molecular flexibility index (Phi) is 14.6. The predicted octanol–water partition coefficient (Wildman–Crippen LogP) is 7.05. The van der Waals surface area contributed by atoms with Crippen molar-refractivity contribution in [3.8, 4) is 5.75 Å². The zero-order chi connectivity index (χ0) is 27.8. The van der Waals surface area contributed by atoms with Gasteiger partial charge in [0, 0.05) is 37.4 Å². The Hall–Kier alpha value is -2.76. The molecule has 0 aliphatic heterocycles. The van der Waals surface area contributed by atoms with Gasteiger partial charge in [0.2, 0.25) is 11.8 Å². The first-order chi connectivity index (χ1) is 18.4. The molecular weight excluding hydrogens is 474 g/mol. The van der Waals surface area contributed by atoms with Gasteiger partial charge in [-0.3, -0.25) is 9.59 Å². The number of hydrogen-bond acceptors (Lipinski definition) is 3. The summed E-state index contributed by atoms with van der Waals surface area (Å²) in [5.41, 5.74) is 2.23. The number of rotatable bonds is 19. The van der Waals surface area contributed by atoms with Crippen LogP contribution in [-0.2, 0) is 22.7 Å². The van der Waals surface area contributed by atoms with Gasteiger partial charge >= 0.3 is 0 Å². The quantitative estimate of drug-likeness (QED) is 0.185. The van der Waals surface area contributed by atoms with Crippen molar-refractivity contribution in [1.29, 1.82) is 0 Å². The molecule has 6 nitrogen and oxygen atoms in total. The summed E-state index contributed by atoms with van der Waals surface area (Å²) in [5.74, 6) is 0.992. The van der Waals surface area contributed by atoms with Gasteiger partial charge in [-0.05, 0) is 56.0 Å². The lowest BCUT2D eigenvalue weighted by molar-refractivity contribution is -0.142. The van der Waals surface area contributed by atoms with Crippen LogP contribution in [0.25, 0.3) is 0 Å². The van der Waals surface area contributed by atoms with Gasteiger partial charge in [-0.2, -0.15) is 0 Å². The minimum atomic E-state index is 0.0318. The highest BCUT2D eigenvalue weighted by molar-refractivity contribution is 5.85. The van der Waals surface area contributed by atoms with E-state index in [1.54, 1.807) is 7.11 Å². The standard InChI is InChI=1S/C32H51N3O3/c1-6-9-11-12-13-20-31(36)34(21-14-10-7-2)26-32(37)35(27(4)8-3)25-29-18-16-22-33(29)24-28-17-15-19-30(23-28)38-5/h15-19,22-23,27H,6-14,20-21,24-26H2,1-5H3. The third-order valence-corrected chi connectivity index (χ3v) is 7.39. The number of carbonyl (C=O) groups is 2. The van der Waals surface area contributed by atoms with Gasteiger partial charge in [0.25, 0.3) is 0 Å². The molecule has 1 unspecified atom stereocenters. The molecule has 2 rings (SSSR count). The van der Waals surface area contributed by atoms with Crippen molar-refractivity contribution in [1.82, 2.24) is 14.4 Å². The normalized spacial score (nSPS) is 11.8. The number of benzene rings is 1. The first-order valence-electron chi connectivity index (χ1n) is 14.8. The van der Waals surface area contributed by atoms with Crippen LogP contribution in [0.2, 0.25) is 0 Å². The van der Waals surface area contributed by atoms with Crippen LogP contribution in [0, 0.1) is 0 Å². The van der Waals surface area contributed by atoms with E-state index in [0.717, 1.165) is 55.5 Å². The van der Waals surface area contributed by atoms with Crippen LogP contribution in [-0.4, -0.2) is 52.4 Å². The van der Waals surface area contributed by atoms with Crippen molar-refractivity contribution in [2.45, 2.75) is 111 Å². The van der Waals surface area contributed by atoms with Gasteiger partial charge in [0.1, 0.15) is 5.75 Å². The summed E-state index contributed by atoms with van der Waals surface area (Å²) in [6, 6.07) is 12.3. The summed E-state index contributed by atoms with van der Waals surface area (Å²) in [5, 5.41) is 0. The number of ether oxygens (including phenoxy) is 1. The molecule has 1 atom stereocenters. The molecule has 0 fully saturated rings. The fourth-order valence-corrected chi connectivity index (χ4v) is 4.74. The second-order valence-corrected chi connectivity index (χ2v) is 10.4. The average Bonchev–Trinajstić information content (AvgIpc) is 3.36. The molecule has 0 spiro atoms. The number of nitrogens with zero attached hydrogens (tertiary/aromatic N) is 3. The maximum absolute atomic E-state index is 13.7. The number of carbonyl (C=O) groups excluding carboxylic acids is 2. The molecule has 6 heteroatoms. The van der Waals surface area contributed by atoms with E-state index in [1.807, 2.05) is 34.1 Å². The van der Waals surface area contributed by atoms with Crippen molar-refractivity contribution in [2.75, 3.05) is 20.2 Å². The van der Waals surface area contributed by atoms with Crippen LogP contribution >= 0.6 is 0 Å². The molecular formula is C32H51N3O3. The van der Waals surface area contributed by atoms with Crippen molar-refractivity contribution >= 4 is 11.8 Å². The van der Waals surface area contributed by atoms with Crippen molar-refractivity contribution in [2.24, 2.45) is 0 Å². The highest BCUT2D eigenvalue weighted by Crippen LogP contribution is 2.18. The van der Waals surface area contributed by atoms with Crippen LogP contribution in [0.4, 0.5) is 0 Å². The van der Waals surface area contributed by atoms with Gasteiger partial charge in [0.05, 0.1) is 20.2 Å². The lowest BCUT2D eigenvalue weighted by atomic mass is 10.1. The largest absolute Gasteiger partial charge is 0.497 e. The second-order valence-electron chi connectivity index (χ2n) is 10.4. The Morgan fingerprint density at radius 1 is 0.921 bits per heavy atom. The zero-order valence-corrected chi connectivity index (χ0v) is 24.6. The fraction of sp³-hybridized carbons (Fsp3) is 0.625. The molecule has 0 saturated heterocycles. The number of methoxy groups -OCH3 is 1. The molecule has 1 heterocycles. The molecule has 0 aliphatic rings. The van der Waals surface area contributed by atoms with Gasteiger partial charge in [-0.25, -0.2) is 0 Å². The summed E-state index contributed by atoms with van der Waals surface area (Å²) in [6.07, 6.45) is 12.2. The minimum absolute atomic E-state index is 0.0318. The van der Waals surface area contributed by atoms with E-state index in [4.69, 9.17) is 4.74 Å². The monoisotopic (exact) mass is 525 g/mol. The van der Waals surface area contributed by atoms with Gasteiger partial charge < -0.3 is 19.1 Å². The SMILES string of the molecule is CCCCCCCC(=O)N(CCCCC)CC(=O)N(Cc1cccn1Cc1cccc(OC)c1)C(C)CC. The summed E-state index contributed by atoms with van der Waals surface area (Å²) < 4.78 is 7.58. The lowest BCUT2D eigenvalue weighted by Gasteiger charge is -2.32. The van der Waals surface area contributed by atoms with Crippen LogP contribution in [0.3, 0.4) is 0 Å². The van der Waals surface area contributed by atoms with Crippen LogP contribution in [0.15, 0.2) is 42.6 Å². The number of amides is 2. The molecule has 1 aromatic carbocycles. The van der Waals surface area contributed by atoms with Gasteiger partial charge in [-0.15, -0.1) is 0 Å². The summed E-state index contributed by atoms with van der Waals surface area (Å²) in [4.78, 5) is 30.6. The van der Waals surface area contributed by atoms with Crippen LogP contribution in [0.5, 0.6) is 5.75 Å². The first-order valence-corrected chi connectivity index (χ1v) is 14.8. The Morgan fingerprint density at radius 3 is 2.37 bits per heavy atom. The average molecular weight is 526 g/mol. The van der Waals surface area contributed by atoms with Gasteiger partial charge in [0.15, 0.2) is 0 Å². The molecule has 38 heavy (non-hydrogen) atoms. The molecule has 0 aliphatic carbocycles. The molecule has 0 radical (unpaired) electrons. The smallest absolute Gasteiger partial charge is 0.242 e. The number of unbranched alkanes of at least 4 members (excludes halogenated alkanes) is 6. The molecule has 2 amide bonds. The lowest BCUT2D eigenvalue weighted by Crippen LogP contribution is -2.46. The Labute approximate surface area is 231 Å². The highest BCUT2D eigenvalue weighted by atomic mass is 16.5. The zero-order valence-electron chi connectivity index (χ0n) is 24.6. The maximum atomic E-state index is 13.7. The number of hydrogen-bond donors (Lipinski definition) is 0. The molecule has 2 aromatic rings. The number of aromatic nitrogens is 1. The topological polar surface area (TPSA) is 54.8 Å². The minimum Gasteiger partial charge on any atom is -0.497 e.